The van der Waals surface area contributed by atoms with E-state index in [9.17, 15) is 10.2 Å². The Balaban J connectivity index is 2.63. The van der Waals surface area contributed by atoms with Crippen LogP contribution in [0, 0.1) is 0 Å². The molecule has 0 aromatic heterocycles. The van der Waals surface area contributed by atoms with Crippen molar-refractivity contribution >= 4 is 0 Å². The highest BCUT2D eigenvalue weighted by molar-refractivity contribution is 4.90. The zero-order chi connectivity index (χ0) is 9.30. The van der Waals surface area contributed by atoms with Gasteiger partial charge in [0.25, 0.3) is 0 Å². The normalized spacial score (nSPS) is 49.2. The molecule has 1 aliphatic rings. The van der Waals surface area contributed by atoms with E-state index >= 15 is 0 Å². The van der Waals surface area contributed by atoms with E-state index in [1.165, 1.54) is 0 Å². The van der Waals surface area contributed by atoms with Crippen molar-refractivity contribution in [2.45, 2.75) is 30.6 Å². The van der Waals surface area contributed by atoms with Gasteiger partial charge >= 0.3 is 0 Å². The Morgan fingerprint density at radius 2 is 1.75 bits per heavy atom. The zero-order valence-corrected chi connectivity index (χ0v) is 6.37. The van der Waals surface area contributed by atoms with Gasteiger partial charge in [0.05, 0.1) is 12.6 Å². The fraction of sp³-hybridized carbons (Fsp3) is 1.00. The second kappa shape index (κ2) is 3.65. The minimum absolute atomic E-state index is 0.470. The lowest BCUT2D eigenvalue weighted by molar-refractivity contribution is -0.248. The van der Waals surface area contributed by atoms with Crippen molar-refractivity contribution in [3.63, 3.8) is 0 Å². The van der Waals surface area contributed by atoms with Crippen LogP contribution < -0.4 is 5.73 Å². The lowest BCUT2D eigenvalue weighted by Crippen LogP contribution is -2.61. The molecule has 1 heterocycles. The van der Waals surface area contributed by atoms with Crippen LogP contribution in [0.2, 0.25) is 0 Å². The molecule has 2 unspecified atom stereocenters. The standard InChI is InChI=1S/C6H13NO5/c7-3-5(10)4(9)2(1-8)12-6(3)11/h2-6,8-11H,1,7H2/t2-,3+,4-,5?,6?/m1/s1. The maximum atomic E-state index is 9.20. The molecule has 0 bridgehead atoms. The number of rotatable bonds is 1. The third-order valence-electron chi connectivity index (χ3n) is 1.95. The third kappa shape index (κ3) is 1.58. The number of hydrogen-bond donors (Lipinski definition) is 5. The Hall–Kier alpha value is -0.240. The summed E-state index contributed by atoms with van der Waals surface area (Å²) in [5.41, 5.74) is 5.26. The molecule has 6 nitrogen and oxygen atoms in total. The van der Waals surface area contributed by atoms with Crippen molar-refractivity contribution in [3.05, 3.63) is 0 Å². The molecule has 0 aromatic rings. The van der Waals surface area contributed by atoms with E-state index in [4.69, 9.17) is 20.7 Å². The molecule has 1 aliphatic heterocycles. The van der Waals surface area contributed by atoms with Gasteiger partial charge in [0, 0.05) is 0 Å². The molecular formula is C6H13NO5. The largest absolute Gasteiger partial charge is 0.394 e. The summed E-state index contributed by atoms with van der Waals surface area (Å²) in [5.74, 6) is 0. The zero-order valence-electron chi connectivity index (χ0n) is 6.37. The minimum Gasteiger partial charge on any atom is -0.394 e. The maximum absolute atomic E-state index is 9.20. The highest BCUT2D eigenvalue weighted by atomic mass is 16.6. The Morgan fingerprint density at radius 3 is 2.25 bits per heavy atom. The molecule has 6 N–H and O–H groups in total. The first kappa shape index (κ1) is 9.85. The third-order valence-corrected chi connectivity index (χ3v) is 1.95. The Morgan fingerprint density at radius 1 is 1.17 bits per heavy atom. The molecule has 1 saturated heterocycles. The minimum atomic E-state index is -1.35. The summed E-state index contributed by atoms with van der Waals surface area (Å²) in [6, 6.07) is -1.04. The molecule has 6 heteroatoms. The summed E-state index contributed by atoms with van der Waals surface area (Å²) < 4.78 is 4.70. The van der Waals surface area contributed by atoms with Gasteiger partial charge in [-0.2, -0.15) is 0 Å². The monoisotopic (exact) mass is 179 g/mol. The van der Waals surface area contributed by atoms with Crippen molar-refractivity contribution in [2.24, 2.45) is 5.73 Å². The fourth-order valence-corrected chi connectivity index (χ4v) is 1.12. The van der Waals surface area contributed by atoms with Crippen molar-refractivity contribution in [1.82, 2.24) is 0 Å². The highest BCUT2D eigenvalue weighted by Crippen LogP contribution is 2.17. The molecule has 0 saturated carbocycles. The number of aliphatic hydroxyl groups is 4. The number of hydrogen-bond acceptors (Lipinski definition) is 6. The second-order valence-electron chi connectivity index (χ2n) is 2.81. The first-order valence-corrected chi connectivity index (χ1v) is 3.64. The van der Waals surface area contributed by atoms with E-state index in [0.717, 1.165) is 0 Å². The summed E-state index contributed by atoms with van der Waals surface area (Å²) in [6.45, 7) is -0.470. The summed E-state index contributed by atoms with van der Waals surface area (Å²) in [7, 11) is 0. The van der Waals surface area contributed by atoms with Crippen LogP contribution in [0.25, 0.3) is 0 Å². The van der Waals surface area contributed by atoms with Gasteiger partial charge in [-0.15, -0.1) is 0 Å². The fourth-order valence-electron chi connectivity index (χ4n) is 1.12. The Labute approximate surface area is 69.2 Å². The van der Waals surface area contributed by atoms with Gasteiger partial charge < -0.3 is 30.9 Å². The van der Waals surface area contributed by atoms with E-state index < -0.39 is 37.3 Å². The summed E-state index contributed by atoms with van der Waals surface area (Å²) in [6.07, 6.45) is -4.85. The van der Waals surface area contributed by atoms with E-state index in [2.05, 4.69) is 0 Å². The average Bonchev–Trinajstić information content (AvgIpc) is 2.08. The van der Waals surface area contributed by atoms with Gasteiger partial charge in [-0.25, -0.2) is 0 Å². The van der Waals surface area contributed by atoms with E-state index in [-0.39, 0.29) is 0 Å². The molecule has 0 spiro atoms. The molecule has 1 fully saturated rings. The molecule has 0 amide bonds. The van der Waals surface area contributed by atoms with Gasteiger partial charge in [0.2, 0.25) is 0 Å². The summed E-state index contributed by atoms with van der Waals surface area (Å²) >= 11 is 0. The van der Waals surface area contributed by atoms with Gasteiger partial charge in [-0.3, -0.25) is 0 Å². The molecule has 5 atom stereocenters. The van der Waals surface area contributed by atoms with E-state index in [1.54, 1.807) is 0 Å². The quantitative estimate of drug-likeness (QED) is 0.288. The molecular weight excluding hydrogens is 166 g/mol. The number of nitrogens with two attached hydrogens (primary N) is 1. The van der Waals surface area contributed by atoms with Crippen LogP contribution in [0.3, 0.4) is 0 Å². The molecule has 72 valence electrons. The summed E-state index contributed by atoms with van der Waals surface area (Å²) in [4.78, 5) is 0. The van der Waals surface area contributed by atoms with Gasteiger partial charge in [0.15, 0.2) is 6.29 Å². The molecule has 0 radical (unpaired) electrons. The first-order chi connectivity index (χ1) is 5.57. The lowest BCUT2D eigenvalue weighted by atomic mass is 9.98. The number of ether oxygens (including phenoxy) is 1. The van der Waals surface area contributed by atoms with Gasteiger partial charge in [-0.1, -0.05) is 0 Å². The SMILES string of the molecule is N[C@@H]1C(O)O[C@H](CO)[C@@H](O)C1O. The Bertz CT molecular complexity index is 150. The highest BCUT2D eigenvalue weighted by Gasteiger charge is 2.41. The van der Waals surface area contributed by atoms with Crippen LogP contribution in [-0.4, -0.2) is 57.7 Å². The van der Waals surface area contributed by atoms with Crippen molar-refractivity contribution in [2.75, 3.05) is 6.61 Å². The van der Waals surface area contributed by atoms with Crippen molar-refractivity contribution in [1.29, 1.82) is 0 Å². The predicted octanol–water partition coefficient (Wildman–Crippen LogP) is -3.25. The second-order valence-corrected chi connectivity index (χ2v) is 2.81. The lowest BCUT2D eigenvalue weighted by Gasteiger charge is -2.38. The topological polar surface area (TPSA) is 116 Å². The predicted molar refractivity (Wildman–Crippen MR) is 38.0 cm³/mol. The van der Waals surface area contributed by atoms with Crippen LogP contribution in [0.5, 0.6) is 0 Å². The van der Waals surface area contributed by atoms with Gasteiger partial charge in [0.1, 0.15) is 18.3 Å². The number of aliphatic hydroxyl groups excluding tert-OH is 4. The first-order valence-electron chi connectivity index (χ1n) is 3.64. The van der Waals surface area contributed by atoms with Crippen LogP contribution in [0.4, 0.5) is 0 Å². The molecule has 1 rings (SSSR count). The maximum Gasteiger partial charge on any atom is 0.173 e. The molecule has 12 heavy (non-hydrogen) atoms. The smallest absolute Gasteiger partial charge is 0.173 e. The van der Waals surface area contributed by atoms with Crippen LogP contribution >= 0.6 is 0 Å². The van der Waals surface area contributed by atoms with Crippen LogP contribution in [0.1, 0.15) is 0 Å². The van der Waals surface area contributed by atoms with E-state index in [1.807, 2.05) is 0 Å². The van der Waals surface area contributed by atoms with Gasteiger partial charge in [-0.05, 0) is 0 Å². The molecule has 0 aliphatic carbocycles. The summed E-state index contributed by atoms with van der Waals surface area (Å²) in [5, 5.41) is 36.1. The van der Waals surface area contributed by atoms with Crippen LogP contribution in [0.15, 0.2) is 0 Å². The molecule has 0 aromatic carbocycles. The van der Waals surface area contributed by atoms with Crippen molar-refractivity contribution < 1.29 is 25.2 Å². The average molecular weight is 179 g/mol. The van der Waals surface area contributed by atoms with E-state index in [0.29, 0.717) is 0 Å². The van der Waals surface area contributed by atoms with Crippen LogP contribution in [-0.2, 0) is 4.74 Å². The Kier molecular flexibility index (Phi) is 2.99. The van der Waals surface area contributed by atoms with Crippen molar-refractivity contribution in [3.8, 4) is 0 Å².